The lowest BCUT2D eigenvalue weighted by atomic mass is 9.97. The van der Waals surface area contributed by atoms with Crippen molar-refractivity contribution in [2.24, 2.45) is 0 Å². The number of rotatable bonds is 2. The predicted octanol–water partition coefficient (Wildman–Crippen LogP) is 1.25. The molecule has 20 heavy (non-hydrogen) atoms. The van der Waals surface area contributed by atoms with Crippen LogP contribution >= 0.6 is 0 Å². The summed E-state index contributed by atoms with van der Waals surface area (Å²) >= 11 is 0. The van der Waals surface area contributed by atoms with Gasteiger partial charge in [0.25, 0.3) is 5.56 Å². The van der Waals surface area contributed by atoms with Crippen molar-refractivity contribution in [2.75, 3.05) is 18.0 Å². The topological polar surface area (TPSA) is 74.8 Å². The SMILES string of the molecule is Cc1cc(=O)[nH]c(C2CCCN(c3cnccn3)C2)n1. The molecule has 1 atom stereocenters. The second-order valence-corrected chi connectivity index (χ2v) is 5.12. The first-order valence-electron chi connectivity index (χ1n) is 6.81. The average molecular weight is 271 g/mol. The summed E-state index contributed by atoms with van der Waals surface area (Å²) in [5.41, 5.74) is 0.685. The van der Waals surface area contributed by atoms with Crippen LogP contribution in [0.25, 0.3) is 0 Å². The highest BCUT2D eigenvalue weighted by atomic mass is 16.1. The normalized spacial score (nSPS) is 19.1. The number of piperidine rings is 1. The lowest BCUT2D eigenvalue weighted by Crippen LogP contribution is -2.36. The van der Waals surface area contributed by atoms with Gasteiger partial charge in [0.05, 0.1) is 6.20 Å². The van der Waals surface area contributed by atoms with E-state index in [9.17, 15) is 4.79 Å². The van der Waals surface area contributed by atoms with Crippen LogP contribution in [0, 0.1) is 6.92 Å². The molecule has 1 unspecified atom stereocenters. The minimum Gasteiger partial charge on any atom is -0.355 e. The van der Waals surface area contributed by atoms with E-state index in [2.05, 4.69) is 24.8 Å². The van der Waals surface area contributed by atoms with Gasteiger partial charge in [0, 0.05) is 43.2 Å². The fraction of sp³-hybridized carbons (Fsp3) is 0.429. The maximum absolute atomic E-state index is 11.6. The van der Waals surface area contributed by atoms with Gasteiger partial charge in [0.15, 0.2) is 0 Å². The first kappa shape index (κ1) is 12.8. The molecule has 0 spiro atoms. The number of nitrogens with zero attached hydrogens (tertiary/aromatic N) is 4. The van der Waals surface area contributed by atoms with Gasteiger partial charge in [0.1, 0.15) is 11.6 Å². The van der Waals surface area contributed by atoms with Gasteiger partial charge in [-0.1, -0.05) is 0 Å². The molecule has 1 aliphatic heterocycles. The van der Waals surface area contributed by atoms with Crippen LogP contribution < -0.4 is 10.5 Å². The smallest absolute Gasteiger partial charge is 0.251 e. The Kier molecular flexibility index (Phi) is 3.45. The summed E-state index contributed by atoms with van der Waals surface area (Å²) in [6.45, 7) is 3.62. The van der Waals surface area contributed by atoms with Crippen LogP contribution in [0.5, 0.6) is 0 Å². The van der Waals surface area contributed by atoms with Gasteiger partial charge in [0.2, 0.25) is 0 Å². The van der Waals surface area contributed by atoms with Crippen molar-refractivity contribution in [1.82, 2.24) is 19.9 Å². The van der Waals surface area contributed by atoms with Gasteiger partial charge in [-0.2, -0.15) is 0 Å². The highest BCUT2D eigenvalue weighted by molar-refractivity contribution is 5.36. The first-order chi connectivity index (χ1) is 9.72. The predicted molar refractivity (Wildman–Crippen MR) is 75.8 cm³/mol. The van der Waals surface area contributed by atoms with E-state index >= 15 is 0 Å². The van der Waals surface area contributed by atoms with Crippen LogP contribution in [-0.4, -0.2) is 33.0 Å². The lowest BCUT2D eigenvalue weighted by Gasteiger charge is -2.32. The molecule has 3 heterocycles. The number of H-pyrrole nitrogens is 1. The molecule has 1 fully saturated rings. The summed E-state index contributed by atoms with van der Waals surface area (Å²) < 4.78 is 0. The average Bonchev–Trinajstić information content (AvgIpc) is 2.47. The summed E-state index contributed by atoms with van der Waals surface area (Å²) in [6, 6.07) is 1.52. The Morgan fingerprint density at radius 3 is 3.05 bits per heavy atom. The van der Waals surface area contributed by atoms with Crippen molar-refractivity contribution >= 4 is 5.82 Å². The molecular formula is C14H17N5O. The molecule has 0 amide bonds. The van der Waals surface area contributed by atoms with Crippen molar-refractivity contribution < 1.29 is 0 Å². The van der Waals surface area contributed by atoms with E-state index in [1.165, 1.54) is 6.07 Å². The molecular weight excluding hydrogens is 254 g/mol. The van der Waals surface area contributed by atoms with E-state index in [1.807, 2.05) is 6.92 Å². The molecule has 2 aromatic heterocycles. The van der Waals surface area contributed by atoms with Crippen LogP contribution in [-0.2, 0) is 0 Å². The quantitative estimate of drug-likeness (QED) is 0.889. The van der Waals surface area contributed by atoms with Gasteiger partial charge in [-0.3, -0.25) is 9.78 Å². The minimum atomic E-state index is -0.0795. The molecule has 0 radical (unpaired) electrons. The Balaban J connectivity index is 1.83. The van der Waals surface area contributed by atoms with Crippen molar-refractivity contribution in [3.63, 3.8) is 0 Å². The number of aryl methyl sites for hydroxylation is 1. The molecule has 1 N–H and O–H groups in total. The maximum Gasteiger partial charge on any atom is 0.251 e. The number of hydrogen-bond donors (Lipinski definition) is 1. The van der Waals surface area contributed by atoms with Crippen LogP contribution in [0.2, 0.25) is 0 Å². The van der Waals surface area contributed by atoms with Crippen molar-refractivity contribution in [3.8, 4) is 0 Å². The Hall–Kier alpha value is -2.24. The number of aromatic amines is 1. The van der Waals surface area contributed by atoms with Gasteiger partial charge in [-0.25, -0.2) is 9.97 Å². The lowest BCUT2D eigenvalue weighted by molar-refractivity contribution is 0.486. The van der Waals surface area contributed by atoms with Gasteiger partial charge in [-0.05, 0) is 19.8 Å². The molecule has 0 bridgehead atoms. The van der Waals surface area contributed by atoms with Crippen LogP contribution in [0.3, 0.4) is 0 Å². The number of aromatic nitrogens is 4. The zero-order chi connectivity index (χ0) is 13.9. The number of hydrogen-bond acceptors (Lipinski definition) is 5. The van der Waals surface area contributed by atoms with Crippen LogP contribution in [0.15, 0.2) is 29.5 Å². The standard InChI is InChI=1S/C14H17N5O/c1-10-7-13(20)18-14(17-10)11-3-2-6-19(9-11)12-8-15-4-5-16-12/h4-5,7-8,11H,2-3,6,9H2,1H3,(H,17,18,20). The second-order valence-electron chi connectivity index (χ2n) is 5.12. The van der Waals surface area contributed by atoms with E-state index in [0.29, 0.717) is 0 Å². The molecule has 6 heteroatoms. The third-order valence-electron chi connectivity index (χ3n) is 3.57. The minimum absolute atomic E-state index is 0.0795. The second kappa shape index (κ2) is 5.40. The molecule has 0 aliphatic carbocycles. The fourth-order valence-corrected chi connectivity index (χ4v) is 2.66. The summed E-state index contributed by atoms with van der Waals surface area (Å²) in [4.78, 5) is 29.5. The van der Waals surface area contributed by atoms with Gasteiger partial charge >= 0.3 is 0 Å². The Bertz CT molecular complexity index is 640. The molecule has 104 valence electrons. The molecule has 1 saturated heterocycles. The van der Waals surface area contributed by atoms with Crippen LogP contribution in [0.1, 0.15) is 30.3 Å². The molecule has 1 aliphatic rings. The summed E-state index contributed by atoms with van der Waals surface area (Å²) in [6.07, 6.45) is 7.23. The Labute approximate surface area is 116 Å². The van der Waals surface area contributed by atoms with Crippen molar-refractivity contribution in [3.05, 3.63) is 46.5 Å². The van der Waals surface area contributed by atoms with E-state index < -0.39 is 0 Å². The molecule has 3 rings (SSSR count). The highest BCUT2D eigenvalue weighted by Crippen LogP contribution is 2.26. The van der Waals surface area contributed by atoms with E-state index in [0.717, 1.165) is 43.3 Å². The maximum atomic E-state index is 11.6. The first-order valence-corrected chi connectivity index (χ1v) is 6.81. The molecule has 2 aromatic rings. The zero-order valence-corrected chi connectivity index (χ0v) is 11.4. The van der Waals surface area contributed by atoms with E-state index in [1.54, 1.807) is 18.6 Å². The third kappa shape index (κ3) is 2.68. The van der Waals surface area contributed by atoms with E-state index in [-0.39, 0.29) is 11.5 Å². The summed E-state index contributed by atoms with van der Waals surface area (Å²) in [7, 11) is 0. The zero-order valence-electron chi connectivity index (χ0n) is 11.4. The molecule has 0 aromatic carbocycles. The van der Waals surface area contributed by atoms with Gasteiger partial charge in [-0.15, -0.1) is 0 Å². The Morgan fingerprint density at radius 1 is 1.40 bits per heavy atom. The fourth-order valence-electron chi connectivity index (χ4n) is 2.66. The molecule has 6 nitrogen and oxygen atoms in total. The van der Waals surface area contributed by atoms with Crippen LogP contribution in [0.4, 0.5) is 5.82 Å². The van der Waals surface area contributed by atoms with Crippen molar-refractivity contribution in [1.29, 1.82) is 0 Å². The largest absolute Gasteiger partial charge is 0.355 e. The molecule has 0 saturated carbocycles. The monoisotopic (exact) mass is 271 g/mol. The van der Waals surface area contributed by atoms with Gasteiger partial charge < -0.3 is 9.88 Å². The number of nitrogens with one attached hydrogen (secondary N) is 1. The highest BCUT2D eigenvalue weighted by Gasteiger charge is 2.24. The summed E-state index contributed by atoms with van der Waals surface area (Å²) in [5, 5.41) is 0. The van der Waals surface area contributed by atoms with Crippen molar-refractivity contribution in [2.45, 2.75) is 25.7 Å². The summed E-state index contributed by atoms with van der Waals surface area (Å²) in [5.74, 6) is 1.90. The number of anilines is 1. The van der Waals surface area contributed by atoms with E-state index in [4.69, 9.17) is 0 Å². The Morgan fingerprint density at radius 2 is 2.30 bits per heavy atom. The third-order valence-corrected chi connectivity index (χ3v) is 3.57.